The molecule has 0 unspecified atom stereocenters. The summed E-state index contributed by atoms with van der Waals surface area (Å²) in [5.41, 5.74) is 1.56. The van der Waals surface area contributed by atoms with Crippen molar-refractivity contribution in [1.82, 2.24) is 5.32 Å². The predicted octanol–water partition coefficient (Wildman–Crippen LogP) is 2.84. The lowest BCUT2D eigenvalue weighted by Crippen LogP contribution is -2.25. The summed E-state index contributed by atoms with van der Waals surface area (Å²) in [7, 11) is 1.52. The average Bonchev–Trinajstić information content (AvgIpc) is 3.39. The Bertz CT molecular complexity index is 739. The Morgan fingerprint density at radius 1 is 1.04 bits per heavy atom. The van der Waals surface area contributed by atoms with Crippen molar-refractivity contribution in [3.05, 3.63) is 59.7 Å². The zero-order valence-electron chi connectivity index (χ0n) is 12.8. The fraction of sp³-hybridized carbons (Fsp3) is 0.222. The number of benzene rings is 2. The molecule has 0 spiro atoms. The van der Waals surface area contributed by atoms with Crippen molar-refractivity contribution in [1.29, 1.82) is 0 Å². The first-order chi connectivity index (χ1) is 11.2. The van der Waals surface area contributed by atoms with Gasteiger partial charge in [0.15, 0.2) is 0 Å². The molecule has 5 heteroatoms. The molecular formula is C18H18N2O3. The minimum Gasteiger partial charge on any atom is -0.496 e. The van der Waals surface area contributed by atoms with Crippen LogP contribution in [0.15, 0.2) is 48.5 Å². The zero-order chi connectivity index (χ0) is 16.2. The molecule has 0 aliphatic heterocycles. The van der Waals surface area contributed by atoms with Crippen LogP contribution in [-0.4, -0.2) is 25.0 Å². The summed E-state index contributed by atoms with van der Waals surface area (Å²) in [6.45, 7) is 0. The Kier molecular flexibility index (Phi) is 4.28. The number of carbonyl (C=O) groups is 2. The monoisotopic (exact) mass is 310 g/mol. The van der Waals surface area contributed by atoms with Gasteiger partial charge in [-0.2, -0.15) is 0 Å². The van der Waals surface area contributed by atoms with Crippen molar-refractivity contribution in [2.45, 2.75) is 18.9 Å². The smallest absolute Gasteiger partial charge is 0.259 e. The highest BCUT2D eigenvalue weighted by Gasteiger charge is 2.23. The second-order valence-electron chi connectivity index (χ2n) is 5.48. The maximum absolute atomic E-state index is 12.4. The number of methoxy groups -OCH3 is 1. The fourth-order valence-electron chi connectivity index (χ4n) is 2.27. The van der Waals surface area contributed by atoms with Crippen molar-refractivity contribution in [3.63, 3.8) is 0 Å². The van der Waals surface area contributed by atoms with Gasteiger partial charge in [-0.1, -0.05) is 18.2 Å². The van der Waals surface area contributed by atoms with Crippen LogP contribution in [0.1, 0.15) is 33.6 Å². The summed E-state index contributed by atoms with van der Waals surface area (Å²) >= 11 is 0. The normalized spacial score (nSPS) is 13.3. The van der Waals surface area contributed by atoms with E-state index in [-0.39, 0.29) is 11.8 Å². The second kappa shape index (κ2) is 6.52. The van der Waals surface area contributed by atoms with Crippen LogP contribution in [0.25, 0.3) is 0 Å². The summed E-state index contributed by atoms with van der Waals surface area (Å²) in [5.74, 6) is 0.121. The van der Waals surface area contributed by atoms with E-state index >= 15 is 0 Å². The van der Waals surface area contributed by atoms with Crippen LogP contribution >= 0.6 is 0 Å². The summed E-state index contributed by atoms with van der Waals surface area (Å²) in [5, 5.41) is 5.73. The minimum absolute atomic E-state index is 0.110. The largest absolute Gasteiger partial charge is 0.496 e. The van der Waals surface area contributed by atoms with Crippen LogP contribution in [0.3, 0.4) is 0 Å². The van der Waals surface area contributed by atoms with Crippen molar-refractivity contribution >= 4 is 17.5 Å². The molecule has 1 aliphatic carbocycles. The lowest BCUT2D eigenvalue weighted by Gasteiger charge is -2.10. The van der Waals surface area contributed by atoms with Gasteiger partial charge in [-0.05, 0) is 43.2 Å². The third-order valence-corrected chi connectivity index (χ3v) is 3.65. The number of rotatable bonds is 5. The van der Waals surface area contributed by atoms with E-state index in [1.54, 1.807) is 48.5 Å². The Morgan fingerprint density at radius 3 is 2.57 bits per heavy atom. The van der Waals surface area contributed by atoms with Crippen LogP contribution in [-0.2, 0) is 0 Å². The standard InChI is InChI=1S/C18H18N2O3/c1-23-16-8-3-2-7-15(16)18(22)20-14-6-4-5-12(11-14)17(21)19-13-9-10-13/h2-8,11,13H,9-10H2,1H3,(H,19,21)(H,20,22). The van der Waals surface area contributed by atoms with Crippen molar-refractivity contribution in [2.24, 2.45) is 0 Å². The number of nitrogens with one attached hydrogen (secondary N) is 2. The van der Waals surface area contributed by atoms with E-state index < -0.39 is 0 Å². The first-order valence-electron chi connectivity index (χ1n) is 7.52. The highest BCUT2D eigenvalue weighted by atomic mass is 16.5. The van der Waals surface area contributed by atoms with Crippen molar-refractivity contribution in [2.75, 3.05) is 12.4 Å². The molecule has 0 heterocycles. The molecule has 0 aromatic heterocycles. The second-order valence-corrected chi connectivity index (χ2v) is 5.48. The molecule has 1 fully saturated rings. The van der Waals surface area contributed by atoms with Gasteiger partial charge in [0.2, 0.25) is 0 Å². The molecular weight excluding hydrogens is 292 g/mol. The zero-order valence-corrected chi connectivity index (χ0v) is 12.8. The van der Waals surface area contributed by atoms with Gasteiger partial charge in [0, 0.05) is 17.3 Å². The molecule has 5 nitrogen and oxygen atoms in total. The topological polar surface area (TPSA) is 67.4 Å². The van der Waals surface area contributed by atoms with E-state index in [1.807, 2.05) is 0 Å². The van der Waals surface area contributed by atoms with Gasteiger partial charge in [-0.15, -0.1) is 0 Å². The van der Waals surface area contributed by atoms with E-state index in [1.165, 1.54) is 7.11 Å². The number of amides is 2. The molecule has 2 aromatic rings. The van der Waals surface area contributed by atoms with Crippen molar-refractivity contribution < 1.29 is 14.3 Å². The quantitative estimate of drug-likeness (QED) is 0.892. The average molecular weight is 310 g/mol. The summed E-state index contributed by atoms with van der Waals surface area (Å²) in [4.78, 5) is 24.4. The first kappa shape index (κ1) is 15.1. The van der Waals surface area contributed by atoms with Crippen LogP contribution in [0.5, 0.6) is 5.75 Å². The van der Waals surface area contributed by atoms with Gasteiger partial charge in [-0.3, -0.25) is 9.59 Å². The molecule has 1 aliphatic rings. The molecule has 0 bridgehead atoms. The lowest BCUT2D eigenvalue weighted by molar-refractivity contribution is 0.0949. The molecule has 118 valence electrons. The summed E-state index contributed by atoms with van der Waals surface area (Å²) in [6, 6.07) is 14.2. The molecule has 0 saturated heterocycles. The number of hydrogen-bond donors (Lipinski definition) is 2. The molecule has 0 radical (unpaired) electrons. The third-order valence-electron chi connectivity index (χ3n) is 3.65. The van der Waals surface area contributed by atoms with Gasteiger partial charge in [-0.25, -0.2) is 0 Å². The van der Waals surface area contributed by atoms with Crippen LogP contribution in [0, 0.1) is 0 Å². The molecule has 2 aromatic carbocycles. The van der Waals surface area contributed by atoms with Gasteiger partial charge in [0.05, 0.1) is 12.7 Å². The van der Waals surface area contributed by atoms with Gasteiger partial charge in [0.25, 0.3) is 11.8 Å². The predicted molar refractivity (Wildman–Crippen MR) is 87.9 cm³/mol. The SMILES string of the molecule is COc1ccccc1C(=O)Nc1cccc(C(=O)NC2CC2)c1. The Morgan fingerprint density at radius 2 is 1.83 bits per heavy atom. The molecule has 2 N–H and O–H groups in total. The third kappa shape index (κ3) is 3.69. The first-order valence-corrected chi connectivity index (χ1v) is 7.52. The fourth-order valence-corrected chi connectivity index (χ4v) is 2.27. The van der Waals surface area contributed by atoms with E-state index in [0.717, 1.165) is 12.8 Å². The van der Waals surface area contributed by atoms with Crippen LogP contribution < -0.4 is 15.4 Å². The number of ether oxygens (including phenoxy) is 1. The van der Waals surface area contributed by atoms with E-state index in [9.17, 15) is 9.59 Å². The van der Waals surface area contributed by atoms with Crippen LogP contribution in [0.4, 0.5) is 5.69 Å². The lowest BCUT2D eigenvalue weighted by atomic mass is 10.1. The molecule has 0 atom stereocenters. The highest BCUT2D eigenvalue weighted by Crippen LogP contribution is 2.21. The summed E-state index contributed by atoms with van der Waals surface area (Å²) in [6.07, 6.45) is 2.08. The Hall–Kier alpha value is -2.82. The molecule has 23 heavy (non-hydrogen) atoms. The maximum Gasteiger partial charge on any atom is 0.259 e. The van der Waals surface area contributed by atoms with Crippen LogP contribution in [0.2, 0.25) is 0 Å². The summed E-state index contributed by atoms with van der Waals surface area (Å²) < 4.78 is 5.19. The number of para-hydroxylation sites is 1. The minimum atomic E-state index is -0.276. The Labute approximate surface area is 134 Å². The molecule has 3 rings (SSSR count). The van der Waals surface area contributed by atoms with E-state index in [0.29, 0.717) is 28.6 Å². The Balaban J connectivity index is 1.74. The number of anilines is 1. The molecule has 2 amide bonds. The van der Waals surface area contributed by atoms with Crippen molar-refractivity contribution in [3.8, 4) is 5.75 Å². The van der Waals surface area contributed by atoms with E-state index in [2.05, 4.69) is 10.6 Å². The molecule has 1 saturated carbocycles. The van der Waals surface area contributed by atoms with Gasteiger partial charge < -0.3 is 15.4 Å². The van der Waals surface area contributed by atoms with E-state index in [4.69, 9.17) is 4.74 Å². The number of hydrogen-bond acceptors (Lipinski definition) is 3. The van der Waals surface area contributed by atoms with Gasteiger partial charge >= 0.3 is 0 Å². The van der Waals surface area contributed by atoms with Gasteiger partial charge in [0.1, 0.15) is 5.75 Å². The number of carbonyl (C=O) groups excluding carboxylic acids is 2. The maximum atomic E-state index is 12.4. The highest BCUT2D eigenvalue weighted by molar-refractivity contribution is 6.06.